The Labute approximate surface area is 183 Å². The maximum absolute atomic E-state index is 5.03. The van der Waals surface area contributed by atoms with Crippen LogP contribution in [0.5, 0.6) is 0 Å². The second-order valence-corrected chi connectivity index (χ2v) is 8.65. The van der Waals surface area contributed by atoms with Crippen LogP contribution in [0.4, 0.5) is 17.3 Å². The van der Waals surface area contributed by atoms with E-state index in [-0.39, 0.29) is 0 Å². The van der Waals surface area contributed by atoms with Gasteiger partial charge in [-0.2, -0.15) is 5.10 Å². The van der Waals surface area contributed by atoms with Gasteiger partial charge in [0.15, 0.2) is 0 Å². The predicted octanol–water partition coefficient (Wildman–Crippen LogP) is 3.74. The number of rotatable bonds is 5. The van der Waals surface area contributed by atoms with Gasteiger partial charge in [0, 0.05) is 38.3 Å². The number of anilines is 3. The molecule has 1 aliphatic heterocycles. The van der Waals surface area contributed by atoms with Crippen LogP contribution in [0.15, 0.2) is 30.5 Å². The molecule has 7 heteroatoms. The number of hydrogen-bond donors (Lipinski definition) is 2. The van der Waals surface area contributed by atoms with Crippen LogP contribution >= 0.6 is 0 Å². The van der Waals surface area contributed by atoms with Gasteiger partial charge in [0.25, 0.3) is 0 Å². The SMILES string of the molecule is CCn1nc2c(c1C(C)C)-c1nc(Nc3ccc(N4CCNCC4)cn3)ccc1CC2. The lowest BCUT2D eigenvalue weighted by molar-refractivity contribution is 0.589. The van der Waals surface area contributed by atoms with Gasteiger partial charge in [0.05, 0.1) is 29.0 Å². The summed E-state index contributed by atoms with van der Waals surface area (Å²) >= 11 is 0. The van der Waals surface area contributed by atoms with Crippen LogP contribution in [0.2, 0.25) is 0 Å². The van der Waals surface area contributed by atoms with Crippen LogP contribution in [0, 0.1) is 0 Å². The highest BCUT2D eigenvalue weighted by Crippen LogP contribution is 2.38. The molecule has 5 rings (SSSR count). The minimum atomic E-state index is 0.403. The van der Waals surface area contributed by atoms with Crippen molar-refractivity contribution in [3.8, 4) is 11.3 Å². The Morgan fingerprint density at radius 1 is 1.06 bits per heavy atom. The zero-order valence-corrected chi connectivity index (χ0v) is 18.6. The molecule has 7 nitrogen and oxygen atoms in total. The van der Waals surface area contributed by atoms with Crippen LogP contribution in [-0.2, 0) is 19.4 Å². The van der Waals surface area contributed by atoms with Gasteiger partial charge in [-0.3, -0.25) is 4.68 Å². The first-order valence-corrected chi connectivity index (χ1v) is 11.4. The molecule has 3 aromatic rings. The van der Waals surface area contributed by atoms with Crippen LogP contribution in [0.1, 0.15) is 43.6 Å². The second-order valence-electron chi connectivity index (χ2n) is 8.65. The highest BCUT2D eigenvalue weighted by atomic mass is 15.3. The Hall–Kier alpha value is -2.93. The fraction of sp³-hybridized carbons (Fsp3) is 0.458. The molecule has 0 saturated carbocycles. The molecule has 0 spiro atoms. The minimum absolute atomic E-state index is 0.403. The zero-order chi connectivity index (χ0) is 21.4. The van der Waals surface area contributed by atoms with Crippen molar-refractivity contribution in [2.24, 2.45) is 0 Å². The van der Waals surface area contributed by atoms with E-state index >= 15 is 0 Å². The molecule has 4 heterocycles. The summed E-state index contributed by atoms with van der Waals surface area (Å²) in [6.07, 6.45) is 3.93. The van der Waals surface area contributed by atoms with E-state index in [1.807, 2.05) is 12.3 Å². The van der Waals surface area contributed by atoms with Crippen molar-refractivity contribution in [2.75, 3.05) is 36.4 Å². The first kappa shape index (κ1) is 20.0. The summed E-state index contributed by atoms with van der Waals surface area (Å²) in [7, 11) is 0. The van der Waals surface area contributed by atoms with Crippen molar-refractivity contribution < 1.29 is 0 Å². The quantitative estimate of drug-likeness (QED) is 0.659. The largest absolute Gasteiger partial charge is 0.368 e. The van der Waals surface area contributed by atoms with E-state index in [0.717, 1.165) is 62.9 Å². The number of piperazine rings is 1. The normalized spacial score (nSPS) is 15.7. The number of hydrogen-bond acceptors (Lipinski definition) is 6. The molecule has 0 amide bonds. The molecule has 1 aliphatic carbocycles. The van der Waals surface area contributed by atoms with E-state index in [1.165, 1.54) is 28.2 Å². The molecule has 0 radical (unpaired) electrons. The van der Waals surface area contributed by atoms with Crippen molar-refractivity contribution in [2.45, 2.75) is 46.1 Å². The smallest absolute Gasteiger partial charge is 0.132 e. The van der Waals surface area contributed by atoms with Crippen molar-refractivity contribution in [1.82, 2.24) is 25.1 Å². The van der Waals surface area contributed by atoms with Crippen LogP contribution < -0.4 is 15.5 Å². The van der Waals surface area contributed by atoms with E-state index < -0.39 is 0 Å². The number of aryl methyl sites for hydroxylation is 3. The molecule has 0 aromatic carbocycles. The summed E-state index contributed by atoms with van der Waals surface area (Å²) in [6.45, 7) is 11.6. The summed E-state index contributed by atoms with van der Waals surface area (Å²) in [5, 5.41) is 11.7. The van der Waals surface area contributed by atoms with E-state index in [0.29, 0.717) is 5.92 Å². The second kappa shape index (κ2) is 8.30. The molecular formula is C24H31N7. The summed E-state index contributed by atoms with van der Waals surface area (Å²) in [5.74, 6) is 2.04. The molecule has 0 atom stereocenters. The van der Waals surface area contributed by atoms with Crippen LogP contribution in [0.25, 0.3) is 11.3 Å². The molecule has 2 aliphatic rings. The number of pyridine rings is 2. The molecule has 1 saturated heterocycles. The monoisotopic (exact) mass is 417 g/mol. The molecule has 1 fully saturated rings. The topological polar surface area (TPSA) is 70.9 Å². The summed E-state index contributed by atoms with van der Waals surface area (Å²) < 4.78 is 2.16. The molecule has 2 N–H and O–H groups in total. The lowest BCUT2D eigenvalue weighted by atomic mass is 9.90. The molecule has 31 heavy (non-hydrogen) atoms. The Bertz CT molecular complexity index is 1060. The fourth-order valence-electron chi connectivity index (χ4n) is 4.72. The van der Waals surface area contributed by atoms with Crippen LogP contribution in [-0.4, -0.2) is 45.9 Å². The lowest BCUT2D eigenvalue weighted by Gasteiger charge is -2.29. The van der Waals surface area contributed by atoms with E-state index in [1.54, 1.807) is 0 Å². The highest BCUT2D eigenvalue weighted by Gasteiger charge is 2.27. The van der Waals surface area contributed by atoms with Gasteiger partial charge >= 0.3 is 0 Å². The van der Waals surface area contributed by atoms with Crippen molar-refractivity contribution in [3.05, 3.63) is 47.4 Å². The minimum Gasteiger partial charge on any atom is -0.368 e. The molecular weight excluding hydrogens is 386 g/mol. The van der Waals surface area contributed by atoms with E-state index in [9.17, 15) is 0 Å². The van der Waals surface area contributed by atoms with Crippen molar-refractivity contribution in [3.63, 3.8) is 0 Å². The van der Waals surface area contributed by atoms with Gasteiger partial charge in [-0.1, -0.05) is 19.9 Å². The first-order valence-electron chi connectivity index (χ1n) is 11.4. The lowest BCUT2D eigenvalue weighted by Crippen LogP contribution is -2.43. The Kier molecular flexibility index (Phi) is 5.36. The molecule has 3 aromatic heterocycles. The summed E-state index contributed by atoms with van der Waals surface area (Å²) in [5.41, 5.74) is 7.26. The summed E-state index contributed by atoms with van der Waals surface area (Å²) in [4.78, 5) is 12.0. The van der Waals surface area contributed by atoms with Crippen molar-refractivity contribution in [1.29, 1.82) is 0 Å². The summed E-state index contributed by atoms with van der Waals surface area (Å²) in [6, 6.07) is 8.45. The number of fused-ring (bicyclic) bond motifs is 3. The zero-order valence-electron chi connectivity index (χ0n) is 18.6. The number of nitrogens with zero attached hydrogens (tertiary/aromatic N) is 5. The third-order valence-electron chi connectivity index (χ3n) is 6.24. The van der Waals surface area contributed by atoms with Gasteiger partial charge in [-0.05, 0) is 49.4 Å². The Morgan fingerprint density at radius 2 is 1.87 bits per heavy atom. The maximum atomic E-state index is 5.03. The molecule has 0 bridgehead atoms. The highest BCUT2D eigenvalue weighted by molar-refractivity contribution is 5.73. The van der Waals surface area contributed by atoms with Gasteiger partial charge in [0.2, 0.25) is 0 Å². The van der Waals surface area contributed by atoms with Gasteiger partial charge in [0.1, 0.15) is 11.6 Å². The third kappa shape index (κ3) is 3.78. The predicted molar refractivity (Wildman–Crippen MR) is 125 cm³/mol. The van der Waals surface area contributed by atoms with E-state index in [2.05, 4.69) is 64.2 Å². The number of nitrogens with one attached hydrogen (secondary N) is 2. The third-order valence-corrected chi connectivity index (χ3v) is 6.24. The standard InChI is InChI=1S/C24H31N7/c1-4-31-24(16(2)3)22-19(29-31)8-5-17-6-9-21(28-23(17)22)27-20-10-7-18(15-26-20)30-13-11-25-12-14-30/h6-7,9-10,15-16,25H,4-5,8,11-14H2,1-3H3,(H,26,27,28). The van der Waals surface area contributed by atoms with Gasteiger partial charge in [-0.15, -0.1) is 0 Å². The first-order chi connectivity index (χ1) is 15.1. The average molecular weight is 418 g/mol. The molecule has 0 unspecified atom stereocenters. The van der Waals surface area contributed by atoms with Gasteiger partial charge in [-0.25, -0.2) is 9.97 Å². The number of aromatic nitrogens is 4. The average Bonchev–Trinajstić information content (AvgIpc) is 3.20. The Balaban J connectivity index is 1.43. The van der Waals surface area contributed by atoms with Crippen LogP contribution in [0.3, 0.4) is 0 Å². The molecule has 162 valence electrons. The van der Waals surface area contributed by atoms with E-state index in [4.69, 9.17) is 10.1 Å². The maximum Gasteiger partial charge on any atom is 0.132 e. The van der Waals surface area contributed by atoms with Crippen molar-refractivity contribution >= 4 is 17.3 Å². The fourth-order valence-corrected chi connectivity index (χ4v) is 4.72. The van der Waals surface area contributed by atoms with Gasteiger partial charge < -0.3 is 15.5 Å². The Morgan fingerprint density at radius 3 is 2.58 bits per heavy atom.